The first kappa shape index (κ1) is 17.4. The molecule has 0 spiro atoms. The minimum absolute atomic E-state index is 0.0787. The summed E-state index contributed by atoms with van der Waals surface area (Å²) in [7, 11) is 0. The second kappa shape index (κ2) is 7.40. The molecule has 0 atom stereocenters. The zero-order valence-electron chi connectivity index (χ0n) is 13.2. The lowest BCUT2D eigenvalue weighted by molar-refractivity contribution is -0.120. The molecule has 1 heterocycles. The van der Waals surface area contributed by atoms with Crippen LogP contribution in [0.3, 0.4) is 0 Å². The minimum atomic E-state index is -0.276. The average Bonchev–Trinajstić information content (AvgIpc) is 2.35. The van der Waals surface area contributed by atoms with Gasteiger partial charge in [0.2, 0.25) is 23.1 Å². The van der Waals surface area contributed by atoms with Crippen LogP contribution in [0.15, 0.2) is 0 Å². The molecule has 0 saturated carbocycles. The average molecular weight is 315 g/mol. The molecule has 0 bridgehead atoms. The Morgan fingerprint density at radius 2 is 1.81 bits per heavy atom. The normalized spacial score (nSPS) is 11.1. The number of aromatic nitrogens is 3. The summed E-state index contributed by atoms with van der Waals surface area (Å²) in [6.45, 7) is 11.4. The SMILES string of the molecule is CCN(CC)c1nc(Cl)nc(NCC(=O)NC(C)(C)C)n1. The third-order valence-electron chi connectivity index (χ3n) is 2.56. The highest BCUT2D eigenvalue weighted by molar-refractivity contribution is 6.28. The molecule has 0 radical (unpaired) electrons. The van der Waals surface area contributed by atoms with E-state index in [0.29, 0.717) is 11.9 Å². The Morgan fingerprint density at radius 3 is 2.33 bits per heavy atom. The van der Waals surface area contributed by atoms with Crippen LogP contribution in [-0.2, 0) is 4.79 Å². The molecular formula is C13H23ClN6O. The number of nitrogens with zero attached hydrogens (tertiary/aromatic N) is 4. The molecule has 0 fully saturated rings. The molecule has 8 heteroatoms. The second-order valence-corrected chi connectivity index (χ2v) is 5.89. The number of hydrogen-bond donors (Lipinski definition) is 2. The van der Waals surface area contributed by atoms with Crippen LogP contribution in [0.1, 0.15) is 34.6 Å². The van der Waals surface area contributed by atoms with Gasteiger partial charge >= 0.3 is 0 Å². The first-order valence-corrected chi connectivity index (χ1v) is 7.34. The van der Waals surface area contributed by atoms with Gasteiger partial charge in [0.05, 0.1) is 6.54 Å². The monoisotopic (exact) mass is 314 g/mol. The molecule has 0 saturated heterocycles. The Morgan fingerprint density at radius 1 is 1.19 bits per heavy atom. The van der Waals surface area contributed by atoms with Crippen molar-refractivity contribution < 1.29 is 4.79 Å². The third kappa shape index (κ3) is 6.12. The fourth-order valence-electron chi connectivity index (χ4n) is 1.69. The van der Waals surface area contributed by atoms with E-state index >= 15 is 0 Å². The predicted octanol–water partition coefficient (Wildman–Crippen LogP) is 1.70. The van der Waals surface area contributed by atoms with E-state index in [1.165, 1.54) is 0 Å². The van der Waals surface area contributed by atoms with Crippen LogP contribution < -0.4 is 15.5 Å². The highest BCUT2D eigenvalue weighted by Crippen LogP contribution is 2.13. The maximum Gasteiger partial charge on any atom is 0.239 e. The van der Waals surface area contributed by atoms with Gasteiger partial charge in [-0.15, -0.1) is 0 Å². The van der Waals surface area contributed by atoms with E-state index in [9.17, 15) is 4.79 Å². The van der Waals surface area contributed by atoms with E-state index in [1.807, 2.05) is 39.5 Å². The summed E-state index contributed by atoms with van der Waals surface area (Å²) in [6, 6.07) is 0. The summed E-state index contributed by atoms with van der Waals surface area (Å²) < 4.78 is 0. The van der Waals surface area contributed by atoms with Crippen molar-refractivity contribution in [2.75, 3.05) is 29.9 Å². The molecule has 1 aromatic rings. The smallest absolute Gasteiger partial charge is 0.239 e. The molecule has 118 valence electrons. The zero-order valence-corrected chi connectivity index (χ0v) is 14.0. The Bertz CT molecular complexity index is 484. The Balaban J connectivity index is 2.73. The van der Waals surface area contributed by atoms with Gasteiger partial charge in [0.25, 0.3) is 0 Å². The maximum absolute atomic E-state index is 11.8. The molecule has 1 rings (SSSR count). The molecule has 1 aromatic heterocycles. The van der Waals surface area contributed by atoms with Crippen LogP contribution in [0.4, 0.5) is 11.9 Å². The fourth-order valence-corrected chi connectivity index (χ4v) is 1.84. The lowest BCUT2D eigenvalue weighted by Crippen LogP contribution is -2.43. The van der Waals surface area contributed by atoms with E-state index < -0.39 is 0 Å². The van der Waals surface area contributed by atoms with Crippen LogP contribution in [0.5, 0.6) is 0 Å². The van der Waals surface area contributed by atoms with Gasteiger partial charge < -0.3 is 15.5 Å². The molecule has 7 nitrogen and oxygen atoms in total. The van der Waals surface area contributed by atoms with Crippen molar-refractivity contribution in [1.82, 2.24) is 20.3 Å². The summed E-state index contributed by atoms with van der Waals surface area (Å²) in [6.07, 6.45) is 0. The fraction of sp³-hybridized carbons (Fsp3) is 0.692. The Hall–Kier alpha value is -1.63. The predicted molar refractivity (Wildman–Crippen MR) is 84.8 cm³/mol. The number of carbonyl (C=O) groups excluding carboxylic acids is 1. The standard InChI is InChI=1S/C13H23ClN6O/c1-6-20(7-2)12-17-10(14)16-11(18-12)15-8-9(21)19-13(3,4)5/h6-8H2,1-5H3,(H,19,21)(H,15,16,17,18). The topological polar surface area (TPSA) is 83.0 Å². The van der Waals surface area contributed by atoms with Crippen molar-refractivity contribution in [2.45, 2.75) is 40.2 Å². The molecular weight excluding hydrogens is 292 g/mol. The molecule has 0 aromatic carbocycles. The van der Waals surface area contributed by atoms with Gasteiger partial charge in [-0.1, -0.05) is 0 Å². The van der Waals surface area contributed by atoms with Gasteiger partial charge in [0.15, 0.2) is 0 Å². The van der Waals surface area contributed by atoms with Crippen molar-refractivity contribution in [2.24, 2.45) is 0 Å². The van der Waals surface area contributed by atoms with E-state index in [4.69, 9.17) is 11.6 Å². The van der Waals surface area contributed by atoms with Crippen LogP contribution in [0.2, 0.25) is 5.28 Å². The zero-order chi connectivity index (χ0) is 16.0. The van der Waals surface area contributed by atoms with Gasteiger partial charge in [-0.2, -0.15) is 15.0 Å². The van der Waals surface area contributed by atoms with Gasteiger partial charge in [-0.05, 0) is 46.2 Å². The Labute approximate surface area is 130 Å². The molecule has 21 heavy (non-hydrogen) atoms. The molecule has 0 aliphatic heterocycles. The number of halogens is 1. The van der Waals surface area contributed by atoms with E-state index in [-0.39, 0.29) is 23.3 Å². The van der Waals surface area contributed by atoms with Crippen molar-refractivity contribution in [3.8, 4) is 0 Å². The molecule has 2 N–H and O–H groups in total. The highest BCUT2D eigenvalue weighted by atomic mass is 35.5. The van der Waals surface area contributed by atoms with Crippen LogP contribution in [-0.4, -0.2) is 46.0 Å². The van der Waals surface area contributed by atoms with E-state index in [1.54, 1.807) is 0 Å². The van der Waals surface area contributed by atoms with Crippen LogP contribution in [0.25, 0.3) is 0 Å². The molecule has 0 unspecified atom stereocenters. The first-order valence-electron chi connectivity index (χ1n) is 6.96. The van der Waals surface area contributed by atoms with Gasteiger partial charge in [0.1, 0.15) is 0 Å². The number of hydrogen-bond acceptors (Lipinski definition) is 6. The summed E-state index contributed by atoms with van der Waals surface area (Å²) >= 11 is 5.90. The van der Waals surface area contributed by atoms with Crippen molar-refractivity contribution in [3.63, 3.8) is 0 Å². The highest BCUT2D eigenvalue weighted by Gasteiger charge is 2.15. The third-order valence-corrected chi connectivity index (χ3v) is 2.73. The van der Waals surface area contributed by atoms with Crippen LogP contribution >= 0.6 is 11.6 Å². The lowest BCUT2D eigenvalue weighted by Gasteiger charge is -2.21. The van der Waals surface area contributed by atoms with Gasteiger partial charge in [-0.25, -0.2) is 0 Å². The summed E-state index contributed by atoms with van der Waals surface area (Å²) in [4.78, 5) is 26.1. The maximum atomic E-state index is 11.8. The number of nitrogens with one attached hydrogen (secondary N) is 2. The molecule has 0 aliphatic carbocycles. The van der Waals surface area contributed by atoms with E-state index in [2.05, 4.69) is 25.6 Å². The lowest BCUT2D eigenvalue weighted by atomic mass is 10.1. The Kier molecular flexibility index (Phi) is 6.14. The van der Waals surface area contributed by atoms with E-state index in [0.717, 1.165) is 13.1 Å². The quantitative estimate of drug-likeness (QED) is 0.831. The second-order valence-electron chi connectivity index (χ2n) is 5.55. The number of rotatable bonds is 6. The number of amides is 1. The molecule has 0 aliphatic rings. The summed E-state index contributed by atoms with van der Waals surface area (Å²) in [5.74, 6) is 0.656. The van der Waals surface area contributed by atoms with Crippen molar-refractivity contribution in [1.29, 1.82) is 0 Å². The number of anilines is 2. The van der Waals surface area contributed by atoms with Crippen molar-refractivity contribution >= 4 is 29.4 Å². The minimum Gasteiger partial charge on any atom is -0.350 e. The largest absolute Gasteiger partial charge is 0.350 e. The molecule has 1 amide bonds. The number of carbonyl (C=O) groups is 1. The van der Waals surface area contributed by atoms with Gasteiger partial charge in [0, 0.05) is 18.6 Å². The van der Waals surface area contributed by atoms with Gasteiger partial charge in [-0.3, -0.25) is 4.79 Å². The summed E-state index contributed by atoms with van der Waals surface area (Å²) in [5.41, 5.74) is -0.276. The summed E-state index contributed by atoms with van der Waals surface area (Å²) in [5, 5.41) is 5.82. The van der Waals surface area contributed by atoms with Crippen LogP contribution in [0, 0.1) is 0 Å². The van der Waals surface area contributed by atoms with Crippen molar-refractivity contribution in [3.05, 3.63) is 5.28 Å². The first-order chi connectivity index (χ1) is 9.75.